The number of aryl methyl sites for hydroxylation is 1. The number of nitrogens with two attached hydrogens (primary N) is 1. The van der Waals surface area contributed by atoms with Crippen LogP contribution in [0.15, 0.2) is 16.7 Å². The standard InChI is InChI=1S/C14H20N2O2S2/c1-3-11-10(4-9-18-11)12(17)16-7-5-14(20-2,6-8-16)13(15)19/h4,9H,3,5-8H2,1-2H3,(H2,15,19). The fourth-order valence-corrected chi connectivity index (χ4v) is 3.84. The van der Waals surface area contributed by atoms with E-state index in [0.29, 0.717) is 23.6 Å². The Kier molecular flexibility index (Phi) is 4.75. The van der Waals surface area contributed by atoms with Gasteiger partial charge >= 0.3 is 0 Å². The Morgan fingerprint density at radius 2 is 2.20 bits per heavy atom. The quantitative estimate of drug-likeness (QED) is 0.866. The number of nitrogens with zero attached hydrogens (tertiary/aromatic N) is 1. The molecule has 2 heterocycles. The molecule has 0 aromatic carbocycles. The molecule has 1 fully saturated rings. The molecule has 2 N–H and O–H groups in total. The van der Waals surface area contributed by atoms with E-state index in [0.717, 1.165) is 25.0 Å². The lowest BCUT2D eigenvalue weighted by molar-refractivity contribution is 0.0716. The van der Waals surface area contributed by atoms with Gasteiger partial charge in [0.05, 0.1) is 21.6 Å². The summed E-state index contributed by atoms with van der Waals surface area (Å²) in [6, 6.07) is 1.76. The van der Waals surface area contributed by atoms with E-state index in [2.05, 4.69) is 0 Å². The zero-order valence-corrected chi connectivity index (χ0v) is 13.5. The highest BCUT2D eigenvalue weighted by molar-refractivity contribution is 8.02. The molecule has 2 rings (SSSR count). The predicted octanol–water partition coefficient (Wildman–Crippen LogP) is 2.47. The normalized spacial score (nSPS) is 18.0. The van der Waals surface area contributed by atoms with Gasteiger partial charge in [-0.05, 0) is 25.2 Å². The van der Waals surface area contributed by atoms with E-state index >= 15 is 0 Å². The van der Waals surface area contributed by atoms with Crippen molar-refractivity contribution in [2.24, 2.45) is 5.73 Å². The third-order valence-corrected chi connectivity index (χ3v) is 5.92. The summed E-state index contributed by atoms with van der Waals surface area (Å²) in [5.74, 6) is 0.805. The number of likely N-dealkylation sites (tertiary alicyclic amines) is 1. The third kappa shape index (κ3) is 2.72. The Hall–Kier alpha value is -1.01. The van der Waals surface area contributed by atoms with Crippen LogP contribution in [0.2, 0.25) is 0 Å². The maximum Gasteiger partial charge on any atom is 0.257 e. The summed E-state index contributed by atoms with van der Waals surface area (Å²) in [4.78, 5) is 14.9. The first kappa shape index (κ1) is 15.4. The maximum absolute atomic E-state index is 12.5. The molecule has 0 unspecified atom stereocenters. The molecule has 0 atom stereocenters. The minimum absolute atomic E-state index is 0.0493. The van der Waals surface area contributed by atoms with Crippen LogP contribution in [0.1, 0.15) is 35.9 Å². The largest absolute Gasteiger partial charge is 0.469 e. The number of thioether (sulfide) groups is 1. The second kappa shape index (κ2) is 6.18. The topological polar surface area (TPSA) is 59.5 Å². The van der Waals surface area contributed by atoms with Crippen molar-refractivity contribution in [3.63, 3.8) is 0 Å². The second-order valence-corrected chi connectivity index (χ2v) is 6.60. The highest BCUT2D eigenvalue weighted by Crippen LogP contribution is 2.35. The van der Waals surface area contributed by atoms with Crippen LogP contribution < -0.4 is 5.73 Å². The van der Waals surface area contributed by atoms with Crippen LogP contribution in [0.3, 0.4) is 0 Å². The van der Waals surface area contributed by atoms with Crippen molar-refractivity contribution >= 4 is 34.9 Å². The Bertz CT molecular complexity index is 505. The molecule has 0 spiro atoms. The van der Waals surface area contributed by atoms with E-state index in [1.165, 1.54) is 0 Å². The lowest BCUT2D eigenvalue weighted by Gasteiger charge is -2.40. The number of hydrogen-bond acceptors (Lipinski definition) is 4. The van der Waals surface area contributed by atoms with Gasteiger partial charge in [-0.2, -0.15) is 11.8 Å². The summed E-state index contributed by atoms with van der Waals surface area (Å²) in [6.07, 6.45) is 5.96. The number of carbonyl (C=O) groups is 1. The van der Waals surface area contributed by atoms with Gasteiger partial charge in [0.15, 0.2) is 0 Å². The van der Waals surface area contributed by atoms with Crippen LogP contribution in [0.25, 0.3) is 0 Å². The Labute approximate surface area is 129 Å². The molecule has 1 aromatic rings. The average Bonchev–Trinajstić information content (AvgIpc) is 2.94. The zero-order chi connectivity index (χ0) is 14.8. The molecule has 1 saturated heterocycles. The van der Waals surface area contributed by atoms with Crippen LogP contribution in [-0.2, 0) is 6.42 Å². The molecule has 6 heteroatoms. The number of furan rings is 1. The van der Waals surface area contributed by atoms with Crippen molar-refractivity contribution in [2.45, 2.75) is 30.9 Å². The van der Waals surface area contributed by atoms with Crippen LogP contribution in [-0.4, -0.2) is 39.9 Å². The zero-order valence-electron chi connectivity index (χ0n) is 11.8. The molecule has 4 nitrogen and oxygen atoms in total. The third-order valence-electron chi connectivity index (χ3n) is 4.00. The van der Waals surface area contributed by atoms with Crippen molar-refractivity contribution in [1.82, 2.24) is 4.90 Å². The van der Waals surface area contributed by atoms with E-state index in [1.807, 2.05) is 18.1 Å². The van der Waals surface area contributed by atoms with E-state index in [9.17, 15) is 4.79 Å². The van der Waals surface area contributed by atoms with Crippen molar-refractivity contribution in [1.29, 1.82) is 0 Å². The van der Waals surface area contributed by atoms with Crippen molar-refractivity contribution in [2.75, 3.05) is 19.3 Å². The van der Waals surface area contributed by atoms with Gasteiger partial charge in [-0.25, -0.2) is 0 Å². The fraction of sp³-hybridized carbons (Fsp3) is 0.571. The Balaban J connectivity index is 2.07. The average molecular weight is 312 g/mol. The summed E-state index contributed by atoms with van der Waals surface area (Å²) in [5, 5.41) is 0. The monoisotopic (exact) mass is 312 g/mol. The highest BCUT2D eigenvalue weighted by atomic mass is 32.2. The number of rotatable bonds is 4. The SMILES string of the molecule is CCc1occc1C(=O)N1CCC(SC)(C(N)=S)CC1. The van der Waals surface area contributed by atoms with Crippen molar-refractivity contribution < 1.29 is 9.21 Å². The molecular formula is C14H20N2O2S2. The molecule has 1 amide bonds. The fourth-order valence-electron chi connectivity index (χ4n) is 2.60. The molecule has 0 aliphatic carbocycles. The summed E-state index contributed by atoms with van der Waals surface area (Å²) in [6.45, 7) is 3.36. The Morgan fingerprint density at radius 3 is 2.70 bits per heavy atom. The first-order valence-electron chi connectivity index (χ1n) is 6.74. The Morgan fingerprint density at radius 1 is 1.55 bits per heavy atom. The van der Waals surface area contributed by atoms with Crippen LogP contribution in [0.5, 0.6) is 0 Å². The molecular weight excluding hydrogens is 292 g/mol. The van der Waals surface area contributed by atoms with Crippen LogP contribution in [0, 0.1) is 0 Å². The van der Waals surface area contributed by atoms with Gasteiger partial charge < -0.3 is 15.1 Å². The van der Waals surface area contributed by atoms with E-state index < -0.39 is 0 Å². The lowest BCUT2D eigenvalue weighted by Crippen LogP contribution is -2.50. The number of amides is 1. The molecule has 1 aliphatic rings. The smallest absolute Gasteiger partial charge is 0.257 e. The van der Waals surface area contributed by atoms with Gasteiger partial charge in [0.25, 0.3) is 5.91 Å². The minimum atomic E-state index is -0.157. The predicted molar refractivity (Wildman–Crippen MR) is 86.3 cm³/mol. The maximum atomic E-state index is 12.5. The van der Waals surface area contributed by atoms with E-state index in [-0.39, 0.29) is 10.7 Å². The van der Waals surface area contributed by atoms with Crippen molar-refractivity contribution in [3.8, 4) is 0 Å². The van der Waals surface area contributed by atoms with Gasteiger partial charge in [-0.15, -0.1) is 0 Å². The van der Waals surface area contributed by atoms with Crippen LogP contribution >= 0.6 is 24.0 Å². The summed E-state index contributed by atoms with van der Waals surface area (Å²) >= 11 is 6.89. The van der Waals surface area contributed by atoms with E-state index in [1.54, 1.807) is 24.1 Å². The molecule has 1 aromatic heterocycles. The number of thiocarbonyl (C=S) groups is 1. The first-order chi connectivity index (χ1) is 9.54. The van der Waals surface area contributed by atoms with Gasteiger partial charge in [0.1, 0.15) is 5.76 Å². The molecule has 0 radical (unpaired) electrons. The molecule has 0 bridgehead atoms. The van der Waals surface area contributed by atoms with Crippen molar-refractivity contribution in [3.05, 3.63) is 23.7 Å². The van der Waals surface area contributed by atoms with Gasteiger partial charge in [0, 0.05) is 19.5 Å². The molecule has 1 aliphatic heterocycles. The second-order valence-electron chi connectivity index (χ2n) is 4.97. The highest BCUT2D eigenvalue weighted by Gasteiger charge is 2.38. The van der Waals surface area contributed by atoms with E-state index in [4.69, 9.17) is 22.4 Å². The summed E-state index contributed by atoms with van der Waals surface area (Å²) < 4.78 is 5.18. The number of hydrogen-bond donors (Lipinski definition) is 1. The van der Waals surface area contributed by atoms with Gasteiger partial charge in [-0.1, -0.05) is 19.1 Å². The minimum Gasteiger partial charge on any atom is -0.469 e. The molecule has 20 heavy (non-hydrogen) atoms. The first-order valence-corrected chi connectivity index (χ1v) is 8.38. The summed E-state index contributed by atoms with van der Waals surface area (Å²) in [5.41, 5.74) is 6.55. The molecule has 0 saturated carbocycles. The number of piperidine rings is 1. The lowest BCUT2D eigenvalue weighted by atomic mass is 9.95. The number of carbonyl (C=O) groups excluding carboxylic acids is 1. The van der Waals surface area contributed by atoms with Crippen LogP contribution in [0.4, 0.5) is 0 Å². The molecule has 110 valence electrons. The summed E-state index contributed by atoms with van der Waals surface area (Å²) in [7, 11) is 0. The van der Waals surface area contributed by atoms with Gasteiger partial charge in [-0.3, -0.25) is 4.79 Å². The van der Waals surface area contributed by atoms with Gasteiger partial charge in [0.2, 0.25) is 0 Å².